The highest BCUT2D eigenvalue weighted by molar-refractivity contribution is 5.92. The van der Waals surface area contributed by atoms with E-state index in [2.05, 4.69) is 22.1 Å². The first-order valence-corrected chi connectivity index (χ1v) is 5.33. The molecule has 0 spiro atoms. The lowest BCUT2D eigenvalue weighted by atomic mass is 10.2. The van der Waals surface area contributed by atoms with E-state index in [0.29, 0.717) is 5.56 Å². The molecular formula is C12H11F3N2O2. The fourth-order valence-corrected chi connectivity index (χ4v) is 1.15. The molecule has 1 heterocycles. The lowest BCUT2D eigenvalue weighted by molar-refractivity contribution is -0.132. The van der Waals surface area contributed by atoms with Gasteiger partial charge in [0.25, 0.3) is 5.91 Å². The van der Waals surface area contributed by atoms with Crippen LogP contribution in [0.5, 0.6) is 0 Å². The van der Waals surface area contributed by atoms with Gasteiger partial charge in [-0.2, -0.15) is 13.2 Å². The number of nitrogens with zero attached hydrogens (tertiary/aromatic N) is 1. The van der Waals surface area contributed by atoms with Crippen LogP contribution in [0.15, 0.2) is 18.3 Å². The molecule has 2 N–H and O–H groups in total. The SMILES string of the molecule is O=C(NCCC(F)(F)F)c1ccc(C#CCO)cn1. The third-order valence-electron chi connectivity index (χ3n) is 2.00. The van der Waals surface area contributed by atoms with Crippen LogP contribution in [0.2, 0.25) is 0 Å². The van der Waals surface area contributed by atoms with Crippen LogP contribution >= 0.6 is 0 Å². The standard InChI is InChI=1S/C12H11F3N2O2/c13-12(14,15)5-6-16-11(19)10-4-3-9(8-17-10)2-1-7-18/h3-4,8,18H,5-7H2,(H,16,19). The van der Waals surface area contributed by atoms with Crippen molar-refractivity contribution in [3.63, 3.8) is 0 Å². The Bertz CT molecular complexity index is 486. The molecule has 0 radical (unpaired) electrons. The van der Waals surface area contributed by atoms with Crippen LogP contribution in [-0.2, 0) is 0 Å². The van der Waals surface area contributed by atoms with Crippen LogP contribution in [0.25, 0.3) is 0 Å². The maximum Gasteiger partial charge on any atom is 0.390 e. The van der Waals surface area contributed by atoms with Crippen molar-refractivity contribution in [1.29, 1.82) is 0 Å². The normalized spacial score (nSPS) is 10.5. The Morgan fingerprint density at radius 3 is 2.68 bits per heavy atom. The smallest absolute Gasteiger partial charge is 0.384 e. The maximum atomic E-state index is 11.9. The summed E-state index contributed by atoms with van der Waals surface area (Å²) in [6.45, 7) is -0.782. The van der Waals surface area contributed by atoms with Gasteiger partial charge in [-0.3, -0.25) is 4.79 Å². The van der Waals surface area contributed by atoms with Gasteiger partial charge in [0, 0.05) is 18.3 Å². The molecule has 0 saturated carbocycles. The number of rotatable bonds is 3. The molecule has 0 aliphatic heterocycles. The number of amides is 1. The number of pyridine rings is 1. The molecule has 0 bridgehead atoms. The number of hydrogen-bond donors (Lipinski definition) is 2. The predicted molar refractivity (Wildman–Crippen MR) is 61.2 cm³/mol. The Morgan fingerprint density at radius 2 is 2.16 bits per heavy atom. The van der Waals surface area contributed by atoms with Gasteiger partial charge >= 0.3 is 6.18 Å². The average molecular weight is 272 g/mol. The van der Waals surface area contributed by atoms with Crippen LogP contribution in [0, 0.1) is 11.8 Å². The number of carbonyl (C=O) groups excluding carboxylic acids is 1. The van der Waals surface area contributed by atoms with Crippen molar-refractivity contribution < 1.29 is 23.1 Å². The van der Waals surface area contributed by atoms with Gasteiger partial charge in [-0.25, -0.2) is 4.98 Å². The quantitative estimate of drug-likeness (QED) is 0.810. The summed E-state index contributed by atoms with van der Waals surface area (Å²) in [6, 6.07) is 2.85. The van der Waals surface area contributed by atoms with Gasteiger partial charge in [-0.05, 0) is 12.1 Å². The zero-order chi connectivity index (χ0) is 14.3. The molecule has 1 aromatic heterocycles. The van der Waals surface area contributed by atoms with Crippen molar-refractivity contribution in [2.24, 2.45) is 0 Å². The summed E-state index contributed by atoms with van der Waals surface area (Å²) in [5.74, 6) is 4.31. The van der Waals surface area contributed by atoms with Gasteiger partial charge in [0.15, 0.2) is 0 Å². The molecule has 0 saturated heterocycles. The van der Waals surface area contributed by atoms with E-state index < -0.39 is 25.0 Å². The Hall–Kier alpha value is -2.07. The Balaban J connectivity index is 2.54. The van der Waals surface area contributed by atoms with E-state index in [1.807, 2.05) is 0 Å². The molecule has 0 aliphatic carbocycles. The highest BCUT2D eigenvalue weighted by Crippen LogP contribution is 2.18. The van der Waals surface area contributed by atoms with E-state index >= 15 is 0 Å². The average Bonchev–Trinajstić information content (AvgIpc) is 2.35. The monoisotopic (exact) mass is 272 g/mol. The molecular weight excluding hydrogens is 261 g/mol. The van der Waals surface area contributed by atoms with Crippen molar-refractivity contribution in [3.8, 4) is 11.8 Å². The van der Waals surface area contributed by atoms with E-state index in [1.54, 1.807) is 0 Å². The molecule has 7 heteroatoms. The molecule has 1 amide bonds. The minimum Gasteiger partial charge on any atom is -0.384 e. The Morgan fingerprint density at radius 1 is 1.42 bits per heavy atom. The minimum absolute atomic E-state index is 0.0109. The summed E-state index contributed by atoms with van der Waals surface area (Å²) < 4.78 is 35.6. The zero-order valence-corrected chi connectivity index (χ0v) is 9.79. The second kappa shape index (κ2) is 6.75. The molecule has 1 aromatic rings. The number of aliphatic hydroxyl groups is 1. The highest BCUT2D eigenvalue weighted by atomic mass is 19.4. The van der Waals surface area contributed by atoms with Crippen molar-refractivity contribution in [2.75, 3.05) is 13.2 Å². The van der Waals surface area contributed by atoms with E-state index in [0.717, 1.165) is 0 Å². The van der Waals surface area contributed by atoms with E-state index in [1.165, 1.54) is 18.3 Å². The van der Waals surface area contributed by atoms with Crippen molar-refractivity contribution in [2.45, 2.75) is 12.6 Å². The summed E-state index contributed by atoms with van der Waals surface area (Å²) in [6.07, 6.45) is -4.08. The predicted octanol–water partition coefficient (Wildman–Crippen LogP) is 1.11. The van der Waals surface area contributed by atoms with Crippen molar-refractivity contribution >= 4 is 5.91 Å². The molecule has 0 unspecified atom stereocenters. The zero-order valence-electron chi connectivity index (χ0n) is 9.79. The summed E-state index contributed by atoms with van der Waals surface area (Å²) in [5.41, 5.74) is 0.512. The molecule has 0 fully saturated rings. The number of aromatic nitrogens is 1. The van der Waals surface area contributed by atoms with Crippen molar-refractivity contribution in [1.82, 2.24) is 10.3 Å². The number of hydrogen-bond acceptors (Lipinski definition) is 3. The number of alkyl halides is 3. The van der Waals surface area contributed by atoms with Gasteiger partial charge in [0.05, 0.1) is 6.42 Å². The van der Waals surface area contributed by atoms with E-state index in [9.17, 15) is 18.0 Å². The second-order valence-corrected chi connectivity index (χ2v) is 3.51. The molecule has 1 rings (SSSR count). The number of carbonyl (C=O) groups is 1. The summed E-state index contributed by atoms with van der Waals surface area (Å²) >= 11 is 0. The fraction of sp³-hybridized carbons (Fsp3) is 0.333. The summed E-state index contributed by atoms with van der Waals surface area (Å²) in [4.78, 5) is 15.2. The first-order chi connectivity index (χ1) is 8.92. The lowest BCUT2D eigenvalue weighted by Crippen LogP contribution is -2.28. The Kier molecular flexibility index (Phi) is 5.33. The van der Waals surface area contributed by atoms with Crippen LogP contribution < -0.4 is 5.32 Å². The number of aliphatic hydroxyl groups excluding tert-OH is 1. The first-order valence-electron chi connectivity index (χ1n) is 5.33. The van der Waals surface area contributed by atoms with Gasteiger partial charge in [0.2, 0.25) is 0 Å². The highest BCUT2D eigenvalue weighted by Gasteiger charge is 2.26. The third-order valence-corrected chi connectivity index (χ3v) is 2.00. The summed E-state index contributed by atoms with van der Waals surface area (Å²) in [7, 11) is 0. The third kappa shape index (κ3) is 5.88. The number of nitrogens with one attached hydrogen (secondary N) is 1. The van der Waals surface area contributed by atoms with Gasteiger partial charge in [-0.15, -0.1) is 0 Å². The molecule has 0 aliphatic rings. The molecule has 0 atom stereocenters. The number of halogens is 3. The van der Waals surface area contributed by atoms with Gasteiger partial charge in [0.1, 0.15) is 12.3 Å². The molecule has 102 valence electrons. The van der Waals surface area contributed by atoms with E-state index in [4.69, 9.17) is 5.11 Å². The minimum atomic E-state index is -4.30. The van der Waals surface area contributed by atoms with E-state index in [-0.39, 0.29) is 12.3 Å². The fourth-order valence-electron chi connectivity index (χ4n) is 1.15. The molecule has 0 aromatic carbocycles. The second-order valence-electron chi connectivity index (χ2n) is 3.51. The van der Waals surface area contributed by atoms with Crippen LogP contribution in [0.3, 0.4) is 0 Å². The summed E-state index contributed by atoms with van der Waals surface area (Å²) in [5, 5.41) is 10.6. The molecule has 4 nitrogen and oxygen atoms in total. The van der Waals surface area contributed by atoms with Crippen molar-refractivity contribution in [3.05, 3.63) is 29.6 Å². The van der Waals surface area contributed by atoms with Crippen LogP contribution in [0.4, 0.5) is 13.2 Å². The van der Waals surface area contributed by atoms with Crippen LogP contribution in [0.1, 0.15) is 22.5 Å². The Labute approximate surface area is 107 Å². The largest absolute Gasteiger partial charge is 0.390 e. The topological polar surface area (TPSA) is 62.2 Å². The first kappa shape index (κ1) is 15.0. The molecule has 19 heavy (non-hydrogen) atoms. The van der Waals surface area contributed by atoms with Gasteiger partial charge < -0.3 is 10.4 Å². The maximum absolute atomic E-state index is 11.9. The van der Waals surface area contributed by atoms with Gasteiger partial charge in [-0.1, -0.05) is 11.8 Å². The van der Waals surface area contributed by atoms with Crippen LogP contribution in [-0.4, -0.2) is 35.3 Å². The lowest BCUT2D eigenvalue weighted by Gasteiger charge is -2.07.